The molecule has 0 spiro atoms. The van der Waals surface area contributed by atoms with E-state index in [1.807, 2.05) is 6.07 Å². The van der Waals surface area contributed by atoms with Gasteiger partial charge < -0.3 is 0 Å². The predicted octanol–water partition coefficient (Wildman–Crippen LogP) is 4.19. The molecule has 4 rings (SSSR count). The lowest BCUT2D eigenvalue weighted by molar-refractivity contribution is 0.0979. The van der Waals surface area contributed by atoms with E-state index in [1.54, 1.807) is 66.7 Å². The fraction of sp³-hybridized carbons (Fsp3) is 0.130. The van der Waals surface area contributed by atoms with Gasteiger partial charge in [-0.05, 0) is 11.6 Å². The third-order valence-corrected chi connectivity index (χ3v) is 7.12. The first-order valence-electron chi connectivity index (χ1n) is 9.36. The first-order valence-corrected chi connectivity index (χ1v) is 12.1. The van der Waals surface area contributed by atoms with Gasteiger partial charge in [0.1, 0.15) is 0 Å². The number of halogens is 1. The number of anilines is 1. The lowest BCUT2D eigenvalue weighted by Crippen LogP contribution is -2.36. The van der Waals surface area contributed by atoms with Gasteiger partial charge in [0, 0.05) is 28.6 Å². The highest BCUT2D eigenvalue weighted by molar-refractivity contribution is 9.09. The number of alkyl halides is 1. The van der Waals surface area contributed by atoms with Crippen LogP contribution in [0.25, 0.3) is 0 Å². The quantitative estimate of drug-likeness (QED) is 0.385. The second-order valence-corrected chi connectivity index (χ2v) is 9.59. The van der Waals surface area contributed by atoms with E-state index in [0.29, 0.717) is 22.0 Å². The molecule has 152 valence electrons. The molecule has 3 aromatic carbocycles. The second kappa shape index (κ2) is 8.16. The van der Waals surface area contributed by atoms with Crippen LogP contribution in [-0.2, 0) is 15.8 Å². The minimum Gasteiger partial charge on any atom is -0.289 e. The molecule has 0 radical (unpaired) electrons. The van der Waals surface area contributed by atoms with Gasteiger partial charge in [-0.15, -0.1) is 0 Å². The topological polar surface area (TPSA) is 71.5 Å². The smallest absolute Gasteiger partial charge is 0.239 e. The van der Waals surface area contributed by atoms with Crippen LogP contribution in [0.3, 0.4) is 0 Å². The van der Waals surface area contributed by atoms with Gasteiger partial charge >= 0.3 is 0 Å². The molecule has 0 atom stereocenters. The Labute approximate surface area is 183 Å². The summed E-state index contributed by atoms with van der Waals surface area (Å²) in [5.41, 5.74) is 1.88. The van der Waals surface area contributed by atoms with Gasteiger partial charge in [0.25, 0.3) is 0 Å². The Morgan fingerprint density at radius 1 is 0.733 bits per heavy atom. The third-order valence-electron chi connectivity index (χ3n) is 5.01. The van der Waals surface area contributed by atoms with Crippen LogP contribution < -0.4 is 4.31 Å². The van der Waals surface area contributed by atoms with E-state index >= 15 is 0 Å². The summed E-state index contributed by atoms with van der Waals surface area (Å²) in [6, 6.07) is 20.3. The largest absolute Gasteiger partial charge is 0.289 e. The zero-order valence-corrected chi connectivity index (χ0v) is 18.3. The number of hydrogen-bond donors (Lipinski definition) is 0. The van der Waals surface area contributed by atoms with Crippen molar-refractivity contribution < 1.29 is 18.0 Å². The average molecular weight is 484 g/mol. The van der Waals surface area contributed by atoms with E-state index in [0.717, 1.165) is 0 Å². The number of fused-ring (bicyclic) bond motifs is 2. The Balaban J connectivity index is 1.85. The summed E-state index contributed by atoms with van der Waals surface area (Å²) >= 11 is 3.32. The molecule has 0 unspecified atom stereocenters. The van der Waals surface area contributed by atoms with Crippen LogP contribution in [0.15, 0.2) is 72.8 Å². The maximum atomic E-state index is 13.3. The first-order chi connectivity index (χ1) is 14.4. The van der Waals surface area contributed by atoms with Crippen molar-refractivity contribution in [2.45, 2.75) is 5.75 Å². The molecule has 0 N–H and O–H groups in total. The number of hydrogen-bond acceptors (Lipinski definition) is 4. The van der Waals surface area contributed by atoms with E-state index in [-0.39, 0.29) is 40.7 Å². The summed E-state index contributed by atoms with van der Waals surface area (Å²) in [6.07, 6.45) is 0. The van der Waals surface area contributed by atoms with E-state index < -0.39 is 10.0 Å². The molecule has 1 aliphatic carbocycles. The van der Waals surface area contributed by atoms with E-state index in [4.69, 9.17) is 0 Å². The van der Waals surface area contributed by atoms with Gasteiger partial charge in [0.15, 0.2) is 11.6 Å². The Hall–Kier alpha value is -2.77. The number of carbonyl (C=O) groups excluding carboxylic acids is 2. The molecule has 0 saturated carbocycles. The molecule has 5 nitrogen and oxygen atoms in total. The van der Waals surface area contributed by atoms with Gasteiger partial charge in [0.05, 0.1) is 17.0 Å². The normalized spacial score (nSPS) is 13.0. The summed E-state index contributed by atoms with van der Waals surface area (Å²) < 4.78 is 27.9. The van der Waals surface area contributed by atoms with E-state index in [2.05, 4.69) is 15.9 Å². The van der Waals surface area contributed by atoms with Crippen molar-refractivity contribution in [3.63, 3.8) is 0 Å². The van der Waals surface area contributed by atoms with Crippen LogP contribution in [0.4, 0.5) is 5.69 Å². The Morgan fingerprint density at radius 2 is 1.33 bits per heavy atom. The van der Waals surface area contributed by atoms with E-state index in [1.165, 1.54) is 4.31 Å². The summed E-state index contributed by atoms with van der Waals surface area (Å²) in [5, 5.41) is 0.378. The lowest BCUT2D eigenvalue weighted by atomic mass is 9.83. The van der Waals surface area contributed by atoms with Crippen LogP contribution in [0.1, 0.15) is 37.4 Å². The van der Waals surface area contributed by atoms with Crippen LogP contribution in [0, 0.1) is 0 Å². The average Bonchev–Trinajstić information content (AvgIpc) is 2.75. The highest BCUT2D eigenvalue weighted by atomic mass is 79.9. The molecule has 0 bridgehead atoms. The van der Waals surface area contributed by atoms with Crippen LogP contribution in [0.5, 0.6) is 0 Å². The maximum absolute atomic E-state index is 13.3. The van der Waals surface area contributed by atoms with Crippen molar-refractivity contribution in [2.75, 3.05) is 16.2 Å². The minimum absolute atomic E-state index is 0.134. The fourth-order valence-corrected chi connectivity index (χ4v) is 5.86. The number of carbonyl (C=O) groups is 2. The third kappa shape index (κ3) is 3.59. The Morgan fingerprint density at radius 3 is 2.00 bits per heavy atom. The zero-order chi connectivity index (χ0) is 21.3. The molecule has 30 heavy (non-hydrogen) atoms. The second-order valence-electron chi connectivity index (χ2n) is 6.91. The number of sulfonamides is 1. The standard InChI is InChI=1S/C23H18BrNO4S/c24-13-14-25(30(28,29)15-16-7-2-1-3-8-16)20-12-6-11-19-21(20)23(27)18-10-5-4-9-17(18)22(19)26/h1-12H,13-15H2. The van der Waals surface area contributed by atoms with Gasteiger partial charge in [-0.2, -0.15) is 0 Å². The molecule has 0 amide bonds. The number of benzene rings is 3. The molecule has 3 aromatic rings. The van der Waals surface area contributed by atoms with Gasteiger partial charge in [-0.3, -0.25) is 13.9 Å². The van der Waals surface area contributed by atoms with Crippen molar-refractivity contribution in [3.8, 4) is 0 Å². The summed E-state index contributed by atoms with van der Waals surface area (Å²) in [7, 11) is -3.80. The predicted molar refractivity (Wildman–Crippen MR) is 120 cm³/mol. The highest BCUT2D eigenvalue weighted by Gasteiger charge is 2.35. The number of rotatable bonds is 6. The van der Waals surface area contributed by atoms with Crippen molar-refractivity contribution in [3.05, 3.63) is 101 Å². The number of nitrogens with zero attached hydrogens (tertiary/aromatic N) is 1. The molecular weight excluding hydrogens is 466 g/mol. The molecule has 0 aliphatic heterocycles. The fourth-order valence-electron chi connectivity index (χ4n) is 3.68. The Bertz CT molecular complexity index is 1240. The molecule has 0 fully saturated rings. The van der Waals surface area contributed by atoms with E-state index in [9.17, 15) is 18.0 Å². The molecular formula is C23H18BrNO4S. The van der Waals surface area contributed by atoms with Crippen LogP contribution >= 0.6 is 15.9 Å². The maximum Gasteiger partial charge on any atom is 0.239 e. The van der Waals surface area contributed by atoms with Crippen molar-refractivity contribution >= 4 is 43.2 Å². The molecule has 1 aliphatic rings. The first kappa shape index (κ1) is 20.5. The monoisotopic (exact) mass is 483 g/mol. The highest BCUT2D eigenvalue weighted by Crippen LogP contribution is 2.35. The summed E-state index contributed by atoms with van der Waals surface area (Å²) in [5.74, 6) is -0.824. The Kier molecular flexibility index (Phi) is 5.58. The van der Waals surface area contributed by atoms with Crippen LogP contribution in [-0.4, -0.2) is 31.9 Å². The number of ketones is 2. The SMILES string of the molecule is O=C1c2ccccc2C(=O)c2c1cccc2N(CCBr)S(=O)(=O)Cc1ccccc1. The minimum atomic E-state index is -3.80. The molecule has 7 heteroatoms. The molecule has 0 saturated heterocycles. The van der Waals surface area contributed by atoms with Crippen molar-refractivity contribution in [1.29, 1.82) is 0 Å². The molecule has 0 heterocycles. The van der Waals surface area contributed by atoms with Gasteiger partial charge in [-0.25, -0.2) is 8.42 Å². The molecule has 0 aromatic heterocycles. The summed E-state index contributed by atoms with van der Waals surface area (Å²) in [4.78, 5) is 26.3. The van der Waals surface area contributed by atoms with Crippen LogP contribution in [0.2, 0.25) is 0 Å². The van der Waals surface area contributed by atoms with Crippen molar-refractivity contribution in [1.82, 2.24) is 0 Å². The lowest BCUT2D eigenvalue weighted by Gasteiger charge is -2.28. The van der Waals surface area contributed by atoms with Gasteiger partial charge in [0.2, 0.25) is 10.0 Å². The van der Waals surface area contributed by atoms with Gasteiger partial charge in [-0.1, -0.05) is 82.7 Å². The van der Waals surface area contributed by atoms with Crippen molar-refractivity contribution in [2.24, 2.45) is 0 Å². The summed E-state index contributed by atoms with van der Waals surface area (Å²) in [6.45, 7) is 0.134. The zero-order valence-electron chi connectivity index (χ0n) is 15.9.